The highest BCUT2D eigenvalue weighted by molar-refractivity contribution is 5.94. The number of anilines is 1. The van der Waals surface area contributed by atoms with E-state index in [0.717, 1.165) is 25.5 Å². The van der Waals surface area contributed by atoms with Gasteiger partial charge in [0, 0.05) is 24.2 Å². The lowest BCUT2D eigenvalue weighted by molar-refractivity contribution is 0.0601. The number of hydrogen-bond donors (Lipinski definition) is 0. The number of carbonyl (C=O) groups excluding carboxylic acids is 1. The summed E-state index contributed by atoms with van der Waals surface area (Å²) in [6, 6.07) is 8.51. The number of esters is 1. The molecule has 1 atom stereocenters. The standard InChI is InChI=1S/C21H19F2N3O2/c1-12-4-3-9-26(12)20-19(15-7-6-14(22)11-16(15)23)24-17-8-5-13(21(27)28-2)10-18(17)25-20/h5-8,10-12H,3-4,9H2,1-2H3/t12-/m0/s1. The van der Waals surface area contributed by atoms with Crippen LogP contribution in [0.3, 0.4) is 0 Å². The predicted octanol–water partition coefficient (Wildman–Crippen LogP) is 4.35. The van der Waals surface area contributed by atoms with Crippen LogP contribution in [0, 0.1) is 11.6 Å². The van der Waals surface area contributed by atoms with E-state index in [2.05, 4.69) is 16.8 Å². The minimum atomic E-state index is -0.687. The van der Waals surface area contributed by atoms with Crippen molar-refractivity contribution in [3.05, 3.63) is 53.6 Å². The first-order valence-electron chi connectivity index (χ1n) is 9.10. The van der Waals surface area contributed by atoms with E-state index >= 15 is 0 Å². The van der Waals surface area contributed by atoms with E-state index in [-0.39, 0.29) is 11.6 Å². The van der Waals surface area contributed by atoms with Gasteiger partial charge < -0.3 is 9.64 Å². The van der Waals surface area contributed by atoms with Crippen LogP contribution in [0.15, 0.2) is 36.4 Å². The Balaban J connectivity index is 1.95. The number of rotatable bonds is 3. The summed E-state index contributed by atoms with van der Waals surface area (Å²) < 4.78 is 32.7. The Labute approximate surface area is 161 Å². The van der Waals surface area contributed by atoms with Crippen molar-refractivity contribution in [2.75, 3.05) is 18.6 Å². The Morgan fingerprint density at radius 2 is 1.96 bits per heavy atom. The summed E-state index contributed by atoms with van der Waals surface area (Å²) in [4.78, 5) is 23.3. The van der Waals surface area contributed by atoms with E-state index < -0.39 is 17.6 Å². The molecule has 0 amide bonds. The van der Waals surface area contributed by atoms with Gasteiger partial charge >= 0.3 is 5.97 Å². The average molecular weight is 383 g/mol. The number of carbonyl (C=O) groups is 1. The molecule has 0 N–H and O–H groups in total. The largest absolute Gasteiger partial charge is 0.465 e. The fraction of sp³-hybridized carbons (Fsp3) is 0.286. The van der Waals surface area contributed by atoms with Crippen LogP contribution >= 0.6 is 0 Å². The third-order valence-corrected chi connectivity index (χ3v) is 5.08. The van der Waals surface area contributed by atoms with Crippen LogP contribution in [0.25, 0.3) is 22.3 Å². The van der Waals surface area contributed by atoms with Crippen molar-refractivity contribution in [1.82, 2.24) is 9.97 Å². The second-order valence-corrected chi connectivity index (χ2v) is 6.90. The molecule has 1 aliphatic heterocycles. The van der Waals surface area contributed by atoms with E-state index in [4.69, 9.17) is 9.72 Å². The normalized spacial score (nSPS) is 16.6. The molecular weight excluding hydrogens is 364 g/mol. The van der Waals surface area contributed by atoms with Gasteiger partial charge in [-0.3, -0.25) is 0 Å². The first kappa shape index (κ1) is 18.3. The van der Waals surface area contributed by atoms with Crippen LogP contribution in [0.4, 0.5) is 14.6 Å². The number of fused-ring (bicyclic) bond motifs is 1. The van der Waals surface area contributed by atoms with E-state index in [1.807, 2.05) is 0 Å². The number of aromatic nitrogens is 2. The number of ether oxygens (including phenoxy) is 1. The molecular formula is C21H19F2N3O2. The zero-order chi connectivity index (χ0) is 19.8. The highest BCUT2D eigenvalue weighted by Gasteiger charge is 2.27. The molecule has 144 valence electrons. The molecule has 2 aromatic carbocycles. The van der Waals surface area contributed by atoms with Crippen molar-refractivity contribution in [3.63, 3.8) is 0 Å². The van der Waals surface area contributed by atoms with Gasteiger partial charge in [0.05, 0.1) is 23.7 Å². The summed E-state index contributed by atoms with van der Waals surface area (Å²) in [6.07, 6.45) is 1.99. The fourth-order valence-electron chi connectivity index (χ4n) is 3.60. The number of hydrogen-bond acceptors (Lipinski definition) is 5. The van der Waals surface area contributed by atoms with Crippen molar-refractivity contribution in [3.8, 4) is 11.3 Å². The topological polar surface area (TPSA) is 55.3 Å². The van der Waals surface area contributed by atoms with Crippen LogP contribution < -0.4 is 4.90 Å². The zero-order valence-electron chi connectivity index (χ0n) is 15.6. The minimum absolute atomic E-state index is 0.196. The summed E-state index contributed by atoms with van der Waals surface area (Å²) in [5.74, 6) is -1.26. The molecule has 1 aromatic heterocycles. The predicted molar refractivity (Wildman–Crippen MR) is 102 cm³/mol. The molecule has 4 rings (SSSR count). The van der Waals surface area contributed by atoms with E-state index in [1.165, 1.54) is 19.2 Å². The smallest absolute Gasteiger partial charge is 0.337 e. The van der Waals surface area contributed by atoms with Gasteiger partial charge in [0.15, 0.2) is 5.82 Å². The van der Waals surface area contributed by atoms with Gasteiger partial charge in [-0.2, -0.15) is 0 Å². The quantitative estimate of drug-likeness (QED) is 0.630. The van der Waals surface area contributed by atoms with E-state index in [1.54, 1.807) is 18.2 Å². The molecule has 28 heavy (non-hydrogen) atoms. The number of methoxy groups -OCH3 is 1. The highest BCUT2D eigenvalue weighted by Crippen LogP contribution is 2.35. The van der Waals surface area contributed by atoms with Gasteiger partial charge in [-0.25, -0.2) is 23.5 Å². The van der Waals surface area contributed by atoms with Gasteiger partial charge in [0.25, 0.3) is 0 Å². The Kier molecular flexibility index (Phi) is 4.66. The monoisotopic (exact) mass is 383 g/mol. The second kappa shape index (κ2) is 7.14. The fourth-order valence-corrected chi connectivity index (χ4v) is 3.60. The number of benzene rings is 2. The van der Waals surface area contributed by atoms with Crippen molar-refractivity contribution in [2.24, 2.45) is 0 Å². The van der Waals surface area contributed by atoms with Crippen molar-refractivity contribution in [1.29, 1.82) is 0 Å². The van der Waals surface area contributed by atoms with Crippen LogP contribution in [0.5, 0.6) is 0 Å². The van der Waals surface area contributed by atoms with Gasteiger partial charge in [0.2, 0.25) is 0 Å². The third kappa shape index (κ3) is 3.17. The number of halogens is 2. The molecule has 0 bridgehead atoms. The molecule has 1 fully saturated rings. The molecule has 0 saturated carbocycles. The van der Waals surface area contributed by atoms with Gasteiger partial charge in [-0.15, -0.1) is 0 Å². The second-order valence-electron chi connectivity index (χ2n) is 6.90. The molecule has 7 heteroatoms. The molecule has 3 aromatic rings. The lowest BCUT2D eigenvalue weighted by atomic mass is 10.1. The number of nitrogens with zero attached hydrogens (tertiary/aromatic N) is 3. The van der Waals surface area contributed by atoms with Crippen LogP contribution in [-0.2, 0) is 4.74 Å². The summed E-state index contributed by atoms with van der Waals surface area (Å²) >= 11 is 0. The molecule has 0 radical (unpaired) electrons. The summed E-state index contributed by atoms with van der Waals surface area (Å²) in [7, 11) is 1.32. The summed E-state index contributed by atoms with van der Waals surface area (Å²) in [6.45, 7) is 2.85. The van der Waals surface area contributed by atoms with Crippen molar-refractivity contribution < 1.29 is 18.3 Å². The third-order valence-electron chi connectivity index (χ3n) is 5.08. The summed E-state index contributed by atoms with van der Waals surface area (Å²) in [5, 5.41) is 0. The highest BCUT2D eigenvalue weighted by atomic mass is 19.1. The molecule has 2 heterocycles. The zero-order valence-corrected chi connectivity index (χ0v) is 15.6. The molecule has 0 unspecified atom stereocenters. The average Bonchev–Trinajstić information content (AvgIpc) is 3.11. The lowest BCUT2D eigenvalue weighted by Crippen LogP contribution is -2.28. The Hall–Kier alpha value is -3.09. The van der Waals surface area contributed by atoms with Crippen molar-refractivity contribution >= 4 is 22.8 Å². The molecule has 1 saturated heterocycles. The van der Waals surface area contributed by atoms with Gasteiger partial charge in [-0.1, -0.05) is 0 Å². The molecule has 0 aliphatic carbocycles. The van der Waals surface area contributed by atoms with Crippen molar-refractivity contribution in [2.45, 2.75) is 25.8 Å². The maximum Gasteiger partial charge on any atom is 0.337 e. The van der Waals surface area contributed by atoms with E-state index in [0.29, 0.717) is 28.1 Å². The Morgan fingerprint density at radius 3 is 2.64 bits per heavy atom. The van der Waals surface area contributed by atoms with Gasteiger partial charge in [0.1, 0.15) is 17.3 Å². The Bertz CT molecular complexity index is 1070. The molecule has 1 aliphatic rings. The van der Waals surface area contributed by atoms with Crippen LogP contribution in [-0.4, -0.2) is 35.6 Å². The molecule has 0 spiro atoms. The van der Waals surface area contributed by atoms with Crippen LogP contribution in [0.2, 0.25) is 0 Å². The Morgan fingerprint density at radius 1 is 1.14 bits per heavy atom. The van der Waals surface area contributed by atoms with Gasteiger partial charge in [-0.05, 0) is 50.1 Å². The first-order valence-corrected chi connectivity index (χ1v) is 9.10. The van der Waals surface area contributed by atoms with Crippen LogP contribution in [0.1, 0.15) is 30.1 Å². The lowest BCUT2D eigenvalue weighted by Gasteiger charge is -2.25. The van der Waals surface area contributed by atoms with E-state index in [9.17, 15) is 13.6 Å². The summed E-state index contributed by atoms with van der Waals surface area (Å²) in [5.41, 5.74) is 1.96. The SMILES string of the molecule is COC(=O)c1ccc2nc(-c3ccc(F)cc3F)c(N3CCC[C@@H]3C)nc2c1. The molecule has 5 nitrogen and oxygen atoms in total. The maximum absolute atomic E-state index is 14.5. The first-order chi connectivity index (χ1) is 13.5. The maximum atomic E-state index is 14.5. The minimum Gasteiger partial charge on any atom is -0.465 e.